The molecule has 7 nitrogen and oxygen atoms in total. The van der Waals surface area contributed by atoms with Gasteiger partial charge in [0.1, 0.15) is 5.75 Å². The summed E-state index contributed by atoms with van der Waals surface area (Å²) in [6, 6.07) is 17.1. The predicted molar refractivity (Wildman–Crippen MR) is 115 cm³/mol. The van der Waals surface area contributed by atoms with Crippen molar-refractivity contribution in [1.82, 2.24) is 10.1 Å². The topological polar surface area (TPSA) is 101 Å². The Bertz CT molecular complexity index is 1010. The smallest absolute Gasteiger partial charge is 0.226 e. The fraction of sp³-hybridized carbons (Fsp3) is 0.273. The van der Waals surface area contributed by atoms with Crippen LogP contribution < -0.4 is 10.1 Å². The van der Waals surface area contributed by atoms with Gasteiger partial charge in [0.05, 0.1) is 18.9 Å². The van der Waals surface area contributed by atoms with Crippen LogP contribution in [0.3, 0.4) is 0 Å². The number of para-hydroxylation sites is 1. The third-order valence-electron chi connectivity index (χ3n) is 4.24. The fourth-order valence-corrected chi connectivity index (χ4v) is 3.59. The number of amides is 1. The summed E-state index contributed by atoms with van der Waals surface area (Å²) in [5, 5.41) is 15.6. The molecule has 0 spiro atoms. The number of hydrogen-bond donors (Lipinski definition) is 1. The van der Waals surface area contributed by atoms with Gasteiger partial charge in [-0.25, -0.2) is 0 Å². The zero-order valence-corrected chi connectivity index (χ0v) is 17.4. The Morgan fingerprint density at radius 2 is 2.03 bits per heavy atom. The second-order valence-corrected chi connectivity index (χ2v) is 7.53. The van der Waals surface area contributed by atoms with Crippen LogP contribution in [0.4, 0.5) is 5.69 Å². The van der Waals surface area contributed by atoms with Crippen LogP contribution in [-0.4, -0.2) is 28.9 Å². The second kappa shape index (κ2) is 11.0. The molecular weight excluding hydrogens is 400 g/mol. The Morgan fingerprint density at radius 3 is 2.80 bits per heavy atom. The number of nitrogens with one attached hydrogen (secondary N) is 1. The minimum Gasteiger partial charge on any atom is -0.497 e. The molecule has 0 fully saturated rings. The minimum absolute atomic E-state index is 0.0711. The fourth-order valence-electron chi connectivity index (χ4n) is 2.73. The highest BCUT2D eigenvalue weighted by atomic mass is 32.2. The molecule has 1 amide bonds. The summed E-state index contributed by atoms with van der Waals surface area (Å²) >= 11 is 1.56. The standard InChI is InChI=1S/C22H22N4O3S/c1-28-17-12-10-16(11-13-17)22-25-21(29-26-22)9-4-8-20(27)24-18-6-2-3-7-19(18)30-15-5-14-23/h2-3,6-7,10-13H,4-5,8-9,15H2,1H3,(H,24,27). The average Bonchev–Trinajstić information content (AvgIpc) is 3.24. The SMILES string of the molecule is COc1ccc(-c2noc(CCCC(=O)Nc3ccccc3SCCC#N)n2)cc1. The number of benzene rings is 2. The van der Waals surface area contributed by atoms with Gasteiger partial charge >= 0.3 is 0 Å². The summed E-state index contributed by atoms with van der Waals surface area (Å²) < 4.78 is 10.4. The van der Waals surface area contributed by atoms with Crippen molar-refractivity contribution in [3.63, 3.8) is 0 Å². The van der Waals surface area contributed by atoms with Crippen LogP contribution in [0.2, 0.25) is 0 Å². The molecule has 0 saturated heterocycles. The number of rotatable bonds is 10. The maximum Gasteiger partial charge on any atom is 0.226 e. The molecule has 0 radical (unpaired) electrons. The van der Waals surface area contributed by atoms with E-state index in [9.17, 15) is 4.79 Å². The molecule has 3 aromatic rings. The number of aryl methyl sites for hydroxylation is 1. The molecule has 1 heterocycles. The highest BCUT2D eigenvalue weighted by molar-refractivity contribution is 7.99. The number of anilines is 1. The first-order valence-corrected chi connectivity index (χ1v) is 10.5. The van der Waals surface area contributed by atoms with Gasteiger partial charge in [0.15, 0.2) is 0 Å². The van der Waals surface area contributed by atoms with E-state index in [2.05, 4.69) is 21.5 Å². The molecule has 0 unspecified atom stereocenters. The molecule has 8 heteroatoms. The van der Waals surface area contributed by atoms with Gasteiger partial charge in [-0.3, -0.25) is 4.79 Å². The van der Waals surface area contributed by atoms with Crippen LogP contribution in [0.15, 0.2) is 57.9 Å². The van der Waals surface area contributed by atoms with Gasteiger partial charge in [0, 0.05) is 35.5 Å². The Morgan fingerprint density at radius 1 is 1.23 bits per heavy atom. The molecule has 154 valence electrons. The van der Waals surface area contributed by atoms with Crippen molar-refractivity contribution < 1.29 is 14.1 Å². The van der Waals surface area contributed by atoms with Crippen molar-refractivity contribution >= 4 is 23.4 Å². The number of carbonyl (C=O) groups excluding carboxylic acids is 1. The number of ether oxygens (including phenoxy) is 1. The molecule has 0 aliphatic heterocycles. The van der Waals surface area contributed by atoms with Crippen molar-refractivity contribution in [2.24, 2.45) is 0 Å². The lowest BCUT2D eigenvalue weighted by Crippen LogP contribution is -2.12. The number of carbonyl (C=O) groups is 1. The molecule has 2 aromatic carbocycles. The van der Waals surface area contributed by atoms with E-state index in [4.69, 9.17) is 14.5 Å². The first kappa shape index (κ1) is 21.4. The maximum atomic E-state index is 12.3. The summed E-state index contributed by atoms with van der Waals surface area (Å²) in [6.45, 7) is 0. The first-order valence-electron chi connectivity index (χ1n) is 9.55. The summed E-state index contributed by atoms with van der Waals surface area (Å²) in [7, 11) is 1.61. The zero-order valence-electron chi connectivity index (χ0n) is 16.6. The lowest BCUT2D eigenvalue weighted by Gasteiger charge is -2.09. The number of methoxy groups -OCH3 is 1. The summed E-state index contributed by atoms with van der Waals surface area (Å²) in [5.41, 5.74) is 1.61. The normalized spacial score (nSPS) is 10.4. The zero-order chi connectivity index (χ0) is 21.2. The van der Waals surface area contributed by atoms with E-state index in [1.165, 1.54) is 0 Å². The molecule has 0 aliphatic carbocycles. The summed E-state index contributed by atoms with van der Waals surface area (Å²) in [5.74, 6) is 2.40. The van der Waals surface area contributed by atoms with E-state index in [0.717, 1.165) is 21.9 Å². The number of nitriles is 1. The van der Waals surface area contributed by atoms with E-state index in [-0.39, 0.29) is 5.91 Å². The largest absolute Gasteiger partial charge is 0.497 e. The van der Waals surface area contributed by atoms with E-state index in [1.54, 1.807) is 18.9 Å². The monoisotopic (exact) mass is 422 g/mol. The van der Waals surface area contributed by atoms with E-state index in [1.807, 2.05) is 48.5 Å². The molecule has 0 aliphatic rings. The van der Waals surface area contributed by atoms with Gasteiger partial charge < -0.3 is 14.6 Å². The van der Waals surface area contributed by atoms with Crippen LogP contribution in [0, 0.1) is 11.3 Å². The number of nitrogens with zero attached hydrogens (tertiary/aromatic N) is 3. The molecule has 3 rings (SSSR count). The third kappa shape index (κ3) is 6.09. The molecule has 0 saturated carbocycles. The van der Waals surface area contributed by atoms with Gasteiger partial charge in [0.2, 0.25) is 17.6 Å². The van der Waals surface area contributed by atoms with Crippen LogP contribution in [0.1, 0.15) is 25.2 Å². The molecule has 30 heavy (non-hydrogen) atoms. The maximum absolute atomic E-state index is 12.3. The van der Waals surface area contributed by atoms with Crippen molar-refractivity contribution in [3.8, 4) is 23.2 Å². The lowest BCUT2D eigenvalue weighted by molar-refractivity contribution is -0.116. The molecule has 1 N–H and O–H groups in total. The van der Waals surface area contributed by atoms with Crippen LogP contribution in [0.25, 0.3) is 11.4 Å². The number of hydrogen-bond acceptors (Lipinski definition) is 7. The van der Waals surface area contributed by atoms with Crippen LogP contribution in [0.5, 0.6) is 5.75 Å². The first-order chi connectivity index (χ1) is 14.7. The highest BCUT2D eigenvalue weighted by Crippen LogP contribution is 2.27. The van der Waals surface area contributed by atoms with Gasteiger partial charge in [-0.2, -0.15) is 10.2 Å². The highest BCUT2D eigenvalue weighted by Gasteiger charge is 2.11. The summed E-state index contributed by atoms with van der Waals surface area (Å²) in [6.07, 6.45) is 1.93. The average molecular weight is 423 g/mol. The van der Waals surface area contributed by atoms with Crippen LogP contribution in [-0.2, 0) is 11.2 Å². The van der Waals surface area contributed by atoms with Gasteiger partial charge in [0.25, 0.3) is 0 Å². The minimum atomic E-state index is -0.0711. The van der Waals surface area contributed by atoms with Crippen molar-refractivity contribution in [2.45, 2.75) is 30.6 Å². The third-order valence-corrected chi connectivity index (χ3v) is 5.32. The van der Waals surface area contributed by atoms with E-state index in [0.29, 0.717) is 43.2 Å². The van der Waals surface area contributed by atoms with Crippen LogP contribution >= 0.6 is 11.8 Å². The lowest BCUT2D eigenvalue weighted by atomic mass is 10.2. The van der Waals surface area contributed by atoms with E-state index >= 15 is 0 Å². The van der Waals surface area contributed by atoms with E-state index < -0.39 is 0 Å². The Balaban J connectivity index is 1.48. The van der Waals surface area contributed by atoms with Crippen molar-refractivity contribution in [1.29, 1.82) is 5.26 Å². The molecule has 1 aromatic heterocycles. The second-order valence-electron chi connectivity index (χ2n) is 6.39. The van der Waals surface area contributed by atoms with Crippen molar-refractivity contribution in [3.05, 3.63) is 54.4 Å². The summed E-state index contributed by atoms with van der Waals surface area (Å²) in [4.78, 5) is 17.7. The molecule has 0 atom stereocenters. The van der Waals surface area contributed by atoms with Gasteiger partial charge in [-0.15, -0.1) is 11.8 Å². The Kier molecular flexibility index (Phi) is 7.86. The van der Waals surface area contributed by atoms with Gasteiger partial charge in [-0.1, -0.05) is 17.3 Å². The quantitative estimate of drug-likeness (QED) is 0.373. The van der Waals surface area contributed by atoms with Crippen molar-refractivity contribution in [2.75, 3.05) is 18.2 Å². The van der Waals surface area contributed by atoms with Gasteiger partial charge in [-0.05, 0) is 42.8 Å². The molecule has 0 bridgehead atoms. The predicted octanol–water partition coefficient (Wildman–Crippen LogP) is 4.71. The Hall–Kier alpha value is -3.31. The number of aromatic nitrogens is 2. The molecular formula is C22H22N4O3S. The number of thioether (sulfide) groups is 1. The Labute approximate surface area is 179 Å².